The molecule has 2 aromatic heterocycles. The molecule has 4 rings (SSSR count). The van der Waals surface area contributed by atoms with Gasteiger partial charge in [0.15, 0.2) is 5.82 Å². The standard InChI is InChI=1S/C23H26N6O3/c1-18-4-2-5-19(14-18)16-25-28-21-15-22(29-8-10-30-11-9-29)27-23(26-21)32-13-12-31-20-6-3-7-24-17-20/h2-7,14-15,17H,8-13,16H2,1H3. The van der Waals surface area contributed by atoms with Gasteiger partial charge in [-0.25, -0.2) is 0 Å². The van der Waals surface area contributed by atoms with Crippen LogP contribution in [-0.2, 0) is 11.3 Å². The summed E-state index contributed by atoms with van der Waals surface area (Å²) in [5, 5.41) is 8.64. The molecule has 3 heterocycles. The molecule has 0 saturated carbocycles. The molecule has 1 saturated heterocycles. The minimum Gasteiger partial charge on any atom is -0.488 e. The Balaban J connectivity index is 1.42. The van der Waals surface area contributed by atoms with Crippen molar-refractivity contribution in [2.45, 2.75) is 13.5 Å². The number of hydrogen-bond acceptors (Lipinski definition) is 9. The van der Waals surface area contributed by atoms with Gasteiger partial charge in [-0.3, -0.25) is 4.98 Å². The van der Waals surface area contributed by atoms with Crippen LogP contribution in [0.1, 0.15) is 11.1 Å². The van der Waals surface area contributed by atoms with Gasteiger partial charge in [0.1, 0.15) is 24.8 Å². The molecule has 0 radical (unpaired) electrons. The van der Waals surface area contributed by atoms with Crippen LogP contribution in [0.3, 0.4) is 0 Å². The van der Waals surface area contributed by atoms with Crippen LogP contribution in [0, 0.1) is 6.92 Å². The minimum absolute atomic E-state index is 0.244. The number of rotatable bonds is 9. The molecular formula is C23H26N6O3. The molecule has 0 bridgehead atoms. The predicted octanol–water partition coefficient (Wildman–Crippen LogP) is 3.76. The summed E-state index contributed by atoms with van der Waals surface area (Å²) in [6.45, 7) is 5.99. The maximum atomic E-state index is 5.75. The highest BCUT2D eigenvalue weighted by atomic mass is 16.5. The summed E-state index contributed by atoms with van der Waals surface area (Å²) in [6, 6.07) is 13.9. The van der Waals surface area contributed by atoms with Crippen LogP contribution in [0.2, 0.25) is 0 Å². The van der Waals surface area contributed by atoms with Crippen molar-refractivity contribution < 1.29 is 14.2 Å². The predicted molar refractivity (Wildman–Crippen MR) is 120 cm³/mol. The number of aryl methyl sites for hydroxylation is 1. The van der Waals surface area contributed by atoms with E-state index in [0.717, 1.165) is 24.5 Å². The Morgan fingerprint density at radius 2 is 1.91 bits per heavy atom. The lowest BCUT2D eigenvalue weighted by atomic mass is 10.1. The second-order valence-electron chi connectivity index (χ2n) is 7.24. The zero-order valence-corrected chi connectivity index (χ0v) is 18.1. The first-order valence-electron chi connectivity index (χ1n) is 10.6. The van der Waals surface area contributed by atoms with Gasteiger partial charge in [-0.15, -0.1) is 5.11 Å². The number of aromatic nitrogens is 3. The van der Waals surface area contributed by atoms with Gasteiger partial charge in [-0.05, 0) is 24.6 Å². The number of pyridine rings is 1. The SMILES string of the molecule is Cc1cccc(CN=Nc2cc(N3CCOCC3)nc(OCCOc3cccnc3)n2)c1. The van der Waals surface area contributed by atoms with E-state index in [-0.39, 0.29) is 6.01 Å². The van der Waals surface area contributed by atoms with Gasteiger partial charge >= 0.3 is 6.01 Å². The summed E-state index contributed by atoms with van der Waals surface area (Å²) in [7, 11) is 0. The lowest BCUT2D eigenvalue weighted by molar-refractivity contribution is 0.122. The van der Waals surface area contributed by atoms with E-state index in [0.29, 0.717) is 44.5 Å². The maximum Gasteiger partial charge on any atom is 0.320 e. The summed E-state index contributed by atoms with van der Waals surface area (Å²) in [4.78, 5) is 15.1. The Labute approximate surface area is 187 Å². The van der Waals surface area contributed by atoms with E-state index in [2.05, 4.69) is 49.1 Å². The number of anilines is 1. The van der Waals surface area contributed by atoms with Gasteiger partial charge < -0.3 is 19.1 Å². The number of benzene rings is 1. The topological polar surface area (TPSA) is 94.3 Å². The quantitative estimate of drug-likeness (QED) is 0.374. The number of hydrogen-bond donors (Lipinski definition) is 0. The Bertz CT molecular complexity index is 1030. The van der Waals surface area contributed by atoms with E-state index in [4.69, 9.17) is 14.2 Å². The summed E-state index contributed by atoms with van der Waals surface area (Å²) in [5.74, 6) is 1.89. The first-order chi connectivity index (χ1) is 15.8. The van der Waals surface area contributed by atoms with Crippen molar-refractivity contribution in [3.8, 4) is 11.8 Å². The number of azo groups is 1. The molecule has 0 unspecified atom stereocenters. The third-order valence-electron chi connectivity index (χ3n) is 4.74. The van der Waals surface area contributed by atoms with Crippen LogP contribution in [0.25, 0.3) is 0 Å². The molecule has 1 aliphatic rings. The van der Waals surface area contributed by atoms with Gasteiger partial charge in [0.2, 0.25) is 0 Å². The van der Waals surface area contributed by atoms with E-state index in [1.54, 1.807) is 12.4 Å². The summed E-state index contributed by atoms with van der Waals surface area (Å²) in [5.41, 5.74) is 2.29. The van der Waals surface area contributed by atoms with Crippen LogP contribution in [-0.4, -0.2) is 54.5 Å². The van der Waals surface area contributed by atoms with Crippen molar-refractivity contribution >= 4 is 11.6 Å². The normalized spacial score (nSPS) is 14.0. The van der Waals surface area contributed by atoms with Crippen molar-refractivity contribution in [3.05, 3.63) is 66.0 Å². The number of morpholine rings is 1. The van der Waals surface area contributed by atoms with Crippen LogP contribution >= 0.6 is 0 Å². The molecule has 32 heavy (non-hydrogen) atoms. The molecule has 0 N–H and O–H groups in total. The summed E-state index contributed by atoms with van der Waals surface area (Å²) < 4.78 is 16.8. The Morgan fingerprint density at radius 3 is 2.72 bits per heavy atom. The van der Waals surface area contributed by atoms with Crippen molar-refractivity contribution in [2.24, 2.45) is 10.2 Å². The highest BCUT2D eigenvalue weighted by molar-refractivity contribution is 5.47. The molecule has 3 aromatic rings. The average Bonchev–Trinajstić information content (AvgIpc) is 2.83. The Kier molecular flexibility index (Phi) is 7.54. The highest BCUT2D eigenvalue weighted by Gasteiger charge is 2.15. The highest BCUT2D eigenvalue weighted by Crippen LogP contribution is 2.23. The summed E-state index contributed by atoms with van der Waals surface area (Å²) in [6.07, 6.45) is 3.35. The second kappa shape index (κ2) is 11.1. The zero-order chi connectivity index (χ0) is 22.0. The van der Waals surface area contributed by atoms with Crippen LogP contribution in [0.15, 0.2) is 65.1 Å². The van der Waals surface area contributed by atoms with E-state index < -0.39 is 0 Å². The van der Waals surface area contributed by atoms with Crippen LogP contribution in [0.5, 0.6) is 11.8 Å². The molecule has 0 atom stereocenters. The molecule has 0 spiro atoms. The molecule has 1 aromatic carbocycles. The molecular weight excluding hydrogens is 408 g/mol. The molecule has 166 valence electrons. The molecule has 9 heteroatoms. The molecule has 9 nitrogen and oxygen atoms in total. The largest absolute Gasteiger partial charge is 0.488 e. The number of nitrogens with zero attached hydrogens (tertiary/aromatic N) is 6. The molecule has 0 aliphatic carbocycles. The fourth-order valence-electron chi connectivity index (χ4n) is 3.20. The first-order valence-corrected chi connectivity index (χ1v) is 10.6. The minimum atomic E-state index is 0.244. The molecule has 1 fully saturated rings. The van der Waals surface area contributed by atoms with Crippen LogP contribution in [0.4, 0.5) is 11.6 Å². The van der Waals surface area contributed by atoms with E-state index >= 15 is 0 Å². The first kappa shape index (κ1) is 21.6. The lowest BCUT2D eigenvalue weighted by Gasteiger charge is -2.27. The van der Waals surface area contributed by atoms with E-state index in [9.17, 15) is 0 Å². The van der Waals surface area contributed by atoms with Gasteiger partial charge in [-0.1, -0.05) is 29.8 Å². The summed E-state index contributed by atoms with van der Waals surface area (Å²) >= 11 is 0. The van der Waals surface area contributed by atoms with E-state index in [1.165, 1.54) is 5.56 Å². The maximum absolute atomic E-state index is 5.75. The number of ether oxygens (including phenoxy) is 3. The van der Waals surface area contributed by atoms with Crippen molar-refractivity contribution in [1.29, 1.82) is 0 Å². The zero-order valence-electron chi connectivity index (χ0n) is 18.1. The average molecular weight is 435 g/mol. The van der Waals surface area contributed by atoms with Crippen LogP contribution < -0.4 is 14.4 Å². The second-order valence-corrected chi connectivity index (χ2v) is 7.24. The smallest absolute Gasteiger partial charge is 0.320 e. The van der Waals surface area contributed by atoms with Crippen molar-refractivity contribution in [1.82, 2.24) is 15.0 Å². The van der Waals surface area contributed by atoms with Gasteiger partial charge in [0, 0.05) is 25.4 Å². The fourth-order valence-corrected chi connectivity index (χ4v) is 3.20. The molecule has 0 amide bonds. The van der Waals surface area contributed by atoms with Crippen molar-refractivity contribution in [2.75, 3.05) is 44.4 Å². The van der Waals surface area contributed by atoms with Gasteiger partial charge in [-0.2, -0.15) is 15.1 Å². The van der Waals surface area contributed by atoms with Crippen molar-refractivity contribution in [3.63, 3.8) is 0 Å². The van der Waals surface area contributed by atoms with Gasteiger partial charge in [0.05, 0.1) is 26.0 Å². The Morgan fingerprint density at radius 1 is 1.03 bits per heavy atom. The third kappa shape index (κ3) is 6.45. The lowest BCUT2D eigenvalue weighted by Crippen LogP contribution is -2.36. The molecule has 1 aliphatic heterocycles. The van der Waals surface area contributed by atoms with E-state index in [1.807, 2.05) is 30.3 Å². The monoisotopic (exact) mass is 434 g/mol. The Hall–Kier alpha value is -3.59. The van der Waals surface area contributed by atoms with Gasteiger partial charge in [0.25, 0.3) is 0 Å². The third-order valence-corrected chi connectivity index (χ3v) is 4.74. The fraction of sp³-hybridized carbons (Fsp3) is 0.348.